The van der Waals surface area contributed by atoms with Crippen LogP contribution in [-0.2, 0) is 19.4 Å². The van der Waals surface area contributed by atoms with E-state index in [0.717, 1.165) is 46.4 Å². The first-order chi connectivity index (χ1) is 14.6. The maximum absolute atomic E-state index is 12.8. The Kier molecular flexibility index (Phi) is 4.91. The summed E-state index contributed by atoms with van der Waals surface area (Å²) in [6.45, 7) is 4.88. The lowest BCUT2D eigenvalue weighted by molar-refractivity contribution is 0.306. The number of hydrogen-bond acceptors (Lipinski definition) is 4. The highest BCUT2D eigenvalue weighted by Crippen LogP contribution is 2.36. The first-order valence-corrected chi connectivity index (χ1v) is 11.2. The fourth-order valence-corrected chi connectivity index (χ4v) is 5.43. The highest BCUT2D eigenvalue weighted by atomic mass is 32.1. The predicted molar refractivity (Wildman–Crippen MR) is 122 cm³/mol. The monoisotopic (exact) mass is 416 g/mol. The summed E-state index contributed by atoms with van der Waals surface area (Å²) in [5.74, 6) is 2.09. The fourth-order valence-electron chi connectivity index (χ4n) is 4.05. The summed E-state index contributed by atoms with van der Waals surface area (Å²) in [4.78, 5) is 22.8. The van der Waals surface area contributed by atoms with Gasteiger partial charge in [0.05, 0.1) is 5.39 Å². The van der Waals surface area contributed by atoms with E-state index in [1.807, 2.05) is 24.3 Å². The van der Waals surface area contributed by atoms with Gasteiger partial charge in [-0.3, -0.25) is 4.79 Å². The average Bonchev–Trinajstić information content (AvgIpc) is 3.11. The predicted octanol–water partition coefficient (Wildman–Crippen LogP) is 5.66. The van der Waals surface area contributed by atoms with Crippen LogP contribution in [0.5, 0.6) is 5.75 Å². The van der Waals surface area contributed by atoms with E-state index in [1.54, 1.807) is 11.3 Å². The van der Waals surface area contributed by atoms with Crippen LogP contribution in [0.2, 0.25) is 0 Å². The van der Waals surface area contributed by atoms with Crippen molar-refractivity contribution in [2.24, 2.45) is 5.92 Å². The first kappa shape index (κ1) is 19.1. The number of aromatic nitrogens is 2. The van der Waals surface area contributed by atoms with E-state index < -0.39 is 0 Å². The van der Waals surface area contributed by atoms with Crippen molar-refractivity contribution in [2.45, 2.75) is 39.7 Å². The summed E-state index contributed by atoms with van der Waals surface area (Å²) in [6, 6.07) is 16.1. The molecule has 5 heteroatoms. The third kappa shape index (κ3) is 3.65. The van der Waals surface area contributed by atoms with Crippen molar-refractivity contribution in [3.05, 3.63) is 80.5 Å². The zero-order valence-corrected chi connectivity index (χ0v) is 18.0. The lowest BCUT2D eigenvalue weighted by Crippen LogP contribution is -2.13. The van der Waals surface area contributed by atoms with Crippen LogP contribution in [0, 0.1) is 12.8 Å². The minimum atomic E-state index is -0.0262. The van der Waals surface area contributed by atoms with E-state index in [2.05, 4.69) is 43.1 Å². The number of nitrogens with one attached hydrogen (secondary N) is 1. The molecule has 1 aliphatic carbocycles. The number of ether oxygens (including phenoxy) is 1. The van der Waals surface area contributed by atoms with Crippen LogP contribution in [0.25, 0.3) is 21.6 Å². The molecule has 2 heterocycles. The fraction of sp³-hybridized carbons (Fsp3) is 0.280. The normalized spacial score (nSPS) is 15.9. The molecule has 1 atom stereocenters. The summed E-state index contributed by atoms with van der Waals surface area (Å²) in [7, 11) is 0. The summed E-state index contributed by atoms with van der Waals surface area (Å²) >= 11 is 1.68. The summed E-state index contributed by atoms with van der Waals surface area (Å²) in [6.07, 6.45) is 3.18. The van der Waals surface area contributed by atoms with Gasteiger partial charge >= 0.3 is 0 Å². The van der Waals surface area contributed by atoms with Crippen molar-refractivity contribution in [1.29, 1.82) is 0 Å². The van der Waals surface area contributed by atoms with Crippen molar-refractivity contribution >= 4 is 21.6 Å². The number of rotatable bonds is 4. The molecular formula is C25H24N2O2S. The molecule has 0 bridgehead atoms. The average molecular weight is 417 g/mol. The highest BCUT2D eigenvalue weighted by molar-refractivity contribution is 7.18. The number of benzene rings is 2. The molecule has 0 aliphatic heterocycles. The van der Waals surface area contributed by atoms with Crippen LogP contribution in [0.1, 0.15) is 34.9 Å². The number of nitrogens with zero attached hydrogens (tertiary/aromatic N) is 1. The Labute approximate surface area is 179 Å². The van der Waals surface area contributed by atoms with Gasteiger partial charge in [0, 0.05) is 10.4 Å². The molecule has 0 saturated carbocycles. The van der Waals surface area contributed by atoms with Crippen LogP contribution >= 0.6 is 11.3 Å². The van der Waals surface area contributed by atoms with Gasteiger partial charge in [-0.25, -0.2) is 4.98 Å². The third-order valence-electron chi connectivity index (χ3n) is 5.82. The smallest absolute Gasteiger partial charge is 0.260 e. The molecule has 4 nitrogen and oxygen atoms in total. The second-order valence-corrected chi connectivity index (χ2v) is 9.33. The van der Waals surface area contributed by atoms with Crippen molar-refractivity contribution < 1.29 is 4.74 Å². The van der Waals surface area contributed by atoms with Crippen molar-refractivity contribution in [1.82, 2.24) is 9.97 Å². The zero-order valence-electron chi connectivity index (χ0n) is 17.2. The molecular weight excluding hydrogens is 392 g/mol. The van der Waals surface area contributed by atoms with Gasteiger partial charge in [-0.15, -0.1) is 11.3 Å². The second-order valence-electron chi connectivity index (χ2n) is 8.25. The number of fused-ring (bicyclic) bond motifs is 3. The molecule has 5 rings (SSSR count). The number of H-pyrrole nitrogens is 1. The molecule has 152 valence electrons. The van der Waals surface area contributed by atoms with E-state index in [-0.39, 0.29) is 5.56 Å². The molecule has 1 unspecified atom stereocenters. The Morgan fingerprint density at radius 1 is 1.13 bits per heavy atom. The standard InChI is InChI=1S/C25H24N2O2S/c1-15-3-6-17(7-4-15)14-29-19-10-8-18(9-11-19)23-26-24(28)22-20-12-5-16(2)13-21(20)30-25(22)27-23/h3-4,6-11,16H,5,12-14H2,1-2H3,(H,26,27,28). The molecule has 2 aromatic carbocycles. The molecule has 0 saturated heterocycles. The maximum Gasteiger partial charge on any atom is 0.260 e. The SMILES string of the molecule is Cc1ccc(COc2ccc(-c3nc4sc5c(c4c(=O)[nH]3)CCC(C)C5)cc2)cc1. The van der Waals surface area contributed by atoms with Gasteiger partial charge in [-0.2, -0.15) is 0 Å². The lowest BCUT2D eigenvalue weighted by atomic mass is 9.89. The number of aryl methyl sites for hydroxylation is 2. The number of aromatic amines is 1. The Balaban J connectivity index is 1.38. The largest absolute Gasteiger partial charge is 0.489 e. The molecule has 30 heavy (non-hydrogen) atoms. The molecule has 0 amide bonds. The molecule has 0 spiro atoms. The quantitative estimate of drug-likeness (QED) is 0.467. The number of thiophene rings is 1. The molecule has 2 aromatic heterocycles. The van der Waals surface area contributed by atoms with Crippen LogP contribution < -0.4 is 10.3 Å². The van der Waals surface area contributed by atoms with E-state index >= 15 is 0 Å². The Morgan fingerprint density at radius 3 is 2.67 bits per heavy atom. The van der Waals surface area contributed by atoms with Crippen LogP contribution in [0.15, 0.2) is 53.3 Å². The second kappa shape index (κ2) is 7.73. The van der Waals surface area contributed by atoms with Gasteiger partial charge in [0.25, 0.3) is 5.56 Å². The topological polar surface area (TPSA) is 55.0 Å². The highest BCUT2D eigenvalue weighted by Gasteiger charge is 2.23. The molecule has 0 fully saturated rings. The Hall–Kier alpha value is -2.92. The summed E-state index contributed by atoms with van der Waals surface area (Å²) in [5, 5.41) is 0.795. The van der Waals surface area contributed by atoms with Crippen molar-refractivity contribution in [2.75, 3.05) is 0 Å². The van der Waals surface area contributed by atoms with Crippen molar-refractivity contribution in [3.8, 4) is 17.1 Å². The first-order valence-electron chi connectivity index (χ1n) is 10.4. The van der Waals surface area contributed by atoms with Gasteiger partial charge < -0.3 is 9.72 Å². The molecule has 0 radical (unpaired) electrons. The molecule has 1 N–H and O–H groups in total. The Morgan fingerprint density at radius 2 is 1.90 bits per heavy atom. The molecule has 4 aromatic rings. The minimum absolute atomic E-state index is 0.0262. The summed E-state index contributed by atoms with van der Waals surface area (Å²) in [5.41, 5.74) is 4.45. The summed E-state index contributed by atoms with van der Waals surface area (Å²) < 4.78 is 5.89. The van der Waals surface area contributed by atoms with Gasteiger partial charge in [0.15, 0.2) is 0 Å². The maximum atomic E-state index is 12.8. The lowest BCUT2D eigenvalue weighted by Gasteiger charge is -2.17. The van der Waals surface area contributed by atoms with Crippen LogP contribution in [0.4, 0.5) is 0 Å². The van der Waals surface area contributed by atoms with E-state index in [4.69, 9.17) is 9.72 Å². The van der Waals surface area contributed by atoms with Gasteiger partial charge in [-0.1, -0.05) is 36.8 Å². The van der Waals surface area contributed by atoms with Gasteiger partial charge in [-0.05, 0) is 67.5 Å². The van der Waals surface area contributed by atoms with Gasteiger partial charge in [0.2, 0.25) is 0 Å². The van der Waals surface area contributed by atoms with Crippen LogP contribution in [0.3, 0.4) is 0 Å². The third-order valence-corrected chi connectivity index (χ3v) is 6.97. The van der Waals surface area contributed by atoms with E-state index in [9.17, 15) is 4.79 Å². The van der Waals surface area contributed by atoms with E-state index in [1.165, 1.54) is 16.0 Å². The van der Waals surface area contributed by atoms with E-state index in [0.29, 0.717) is 18.3 Å². The van der Waals surface area contributed by atoms with Crippen molar-refractivity contribution in [3.63, 3.8) is 0 Å². The van der Waals surface area contributed by atoms with Crippen LogP contribution in [-0.4, -0.2) is 9.97 Å². The van der Waals surface area contributed by atoms with Gasteiger partial charge in [0.1, 0.15) is 23.0 Å². The minimum Gasteiger partial charge on any atom is -0.489 e. The zero-order chi connectivity index (χ0) is 20.7. The Bertz CT molecular complexity index is 1250. The molecule has 1 aliphatic rings. The number of hydrogen-bond donors (Lipinski definition) is 1.